The molecular weight excluding hydrogens is 216 g/mol. The molecule has 0 saturated carbocycles. The molecule has 1 rings (SSSR count). The van der Waals surface area contributed by atoms with Gasteiger partial charge < -0.3 is 24.4 Å². The van der Waals surface area contributed by atoms with Gasteiger partial charge in [-0.15, -0.1) is 0 Å². The third-order valence-electron chi connectivity index (χ3n) is 1.91. The first-order valence-electron chi connectivity index (χ1n) is 4.38. The summed E-state index contributed by atoms with van der Waals surface area (Å²) in [7, 11) is 2.80. The van der Waals surface area contributed by atoms with Crippen molar-refractivity contribution in [1.29, 1.82) is 0 Å². The van der Waals surface area contributed by atoms with Gasteiger partial charge in [-0.1, -0.05) is 6.07 Å². The van der Waals surface area contributed by atoms with E-state index < -0.39 is 12.4 Å². The monoisotopic (exact) mass is 228 g/mol. The minimum atomic E-state index is -1.50. The summed E-state index contributed by atoms with van der Waals surface area (Å²) >= 11 is 0. The van der Waals surface area contributed by atoms with Crippen molar-refractivity contribution in [2.45, 2.75) is 6.29 Å². The van der Waals surface area contributed by atoms with E-state index in [1.165, 1.54) is 26.4 Å². The zero-order chi connectivity index (χ0) is 12.1. The van der Waals surface area contributed by atoms with Gasteiger partial charge >= 0.3 is 6.16 Å². The summed E-state index contributed by atoms with van der Waals surface area (Å²) in [5.41, 5.74) is 0.295. The number of aromatic hydroxyl groups is 1. The van der Waals surface area contributed by atoms with Crippen LogP contribution in [0.5, 0.6) is 11.5 Å². The Kier molecular flexibility index (Phi) is 4.10. The molecule has 0 aliphatic carbocycles. The van der Waals surface area contributed by atoms with Crippen LogP contribution in [-0.4, -0.2) is 30.6 Å². The number of carbonyl (C=O) groups is 1. The molecular formula is C10H12O6. The van der Waals surface area contributed by atoms with E-state index in [1.807, 2.05) is 0 Å². The molecule has 0 aromatic heterocycles. The van der Waals surface area contributed by atoms with Crippen molar-refractivity contribution >= 4 is 6.16 Å². The second-order valence-electron chi connectivity index (χ2n) is 2.87. The normalized spacial score (nSPS) is 10.4. The average Bonchev–Trinajstić information content (AvgIpc) is 2.24. The topological polar surface area (TPSA) is 85.2 Å². The van der Waals surface area contributed by atoms with Crippen molar-refractivity contribution in [3.05, 3.63) is 23.8 Å². The van der Waals surface area contributed by atoms with Gasteiger partial charge in [0.05, 0.1) is 5.56 Å². The van der Waals surface area contributed by atoms with Crippen molar-refractivity contribution in [2.24, 2.45) is 0 Å². The molecule has 1 aromatic carbocycles. The Morgan fingerprint density at radius 3 is 2.44 bits per heavy atom. The van der Waals surface area contributed by atoms with Crippen molar-refractivity contribution in [3.8, 4) is 11.5 Å². The lowest BCUT2D eigenvalue weighted by atomic mass is 10.2. The summed E-state index contributed by atoms with van der Waals surface area (Å²) in [4.78, 5) is 10.3. The van der Waals surface area contributed by atoms with Gasteiger partial charge in [-0.3, -0.25) is 0 Å². The van der Waals surface area contributed by atoms with Crippen LogP contribution in [0.4, 0.5) is 4.79 Å². The molecule has 16 heavy (non-hydrogen) atoms. The molecule has 0 saturated heterocycles. The zero-order valence-corrected chi connectivity index (χ0v) is 8.84. The first-order chi connectivity index (χ1) is 7.60. The van der Waals surface area contributed by atoms with Crippen LogP contribution in [0.2, 0.25) is 0 Å². The highest BCUT2D eigenvalue weighted by Crippen LogP contribution is 2.35. The van der Waals surface area contributed by atoms with Gasteiger partial charge in [-0.2, -0.15) is 0 Å². The minimum absolute atomic E-state index is 0.163. The second kappa shape index (κ2) is 5.34. The number of ether oxygens (including phenoxy) is 3. The lowest BCUT2D eigenvalue weighted by Crippen LogP contribution is -2.07. The third kappa shape index (κ3) is 2.62. The molecule has 0 bridgehead atoms. The van der Waals surface area contributed by atoms with Gasteiger partial charge in [0, 0.05) is 14.2 Å². The molecule has 0 unspecified atom stereocenters. The Balaban J connectivity index is 3.07. The highest BCUT2D eigenvalue weighted by molar-refractivity contribution is 5.63. The minimum Gasteiger partial charge on any atom is -0.504 e. The maximum atomic E-state index is 10.3. The van der Waals surface area contributed by atoms with Crippen LogP contribution in [0.3, 0.4) is 0 Å². The van der Waals surface area contributed by atoms with Crippen LogP contribution in [0.25, 0.3) is 0 Å². The maximum absolute atomic E-state index is 10.3. The molecule has 0 spiro atoms. The van der Waals surface area contributed by atoms with Crippen molar-refractivity contribution in [3.63, 3.8) is 0 Å². The molecule has 0 heterocycles. The summed E-state index contributed by atoms with van der Waals surface area (Å²) in [5, 5.41) is 18.2. The van der Waals surface area contributed by atoms with Gasteiger partial charge in [-0.25, -0.2) is 4.79 Å². The van der Waals surface area contributed by atoms with Crippen LogP contribution in [0, 0.1) is 0 Å². The van der Waals surface area contributed by atoms with E-state index >= 15 is 0 Å². The van der Waals surface area contributed by atoms with E-state index in [1.54, 1.807) is 6.07 Å². The van der Waals surface area contributed by atoms with Crippen LogP contribution in [0.1, 0.15) is 11.9 Å². The van der Waals surface area contributed by atoms with Crippen molar-refractivity contribution < 1.29 is 29.2 Å². The molecule has 1 aromatic rings. The van der Waals surface area contributed by atoms with Crippen LogP contribution in [0.15, 0.2) is 18.2 Å². The summed E-state index contributed by atoms with van der Waals surface area (Å²) in [5.74, 6) is -0.484. The van der Waals surface area contributed by atoms with E-state index in [4.69, 9.17) is 14.6 Å². The molecule has 2 N–H and O–H groups in total. The predicted octanol–water partition coefficient (Wildman–Crippen LogP) is 1.74. The molecule has 0 aliphatic rings. The quantitative estimate of drug-likeness (QED) is 0.464. The average molecular weight is 228 g/mol. The van der Waals surface area contributed by atoms with Crippen molar-refractivity contribution in [2.75, 3.05) is 14.2 Å². The number of carboxylic acid groups (broad SMARTS) is 1. The lowest BCUT2D eigenvalue weighted by Gasteiger charge is -2.16. The van der Waals surface area contributed by atoms with Gasteiger partial charge in [0.2, 0.25) is 0 Å². The van der Waals surface area contributed by atoms with Gasteiger partial charge in [0.1, 0.15) is 0 Å². The summed E-state index contributed by atoms with van der Waals surface area (Å²) in [6.07, 6.45) is -2.28. The number of phenols is 1. The number of rotatable bonds is 4. The molecule has 88 valence electrons. The Hall–Kier alpha value is -1.79. The van der Waals surface area contributed by atoms with Crippen molar-refractivity contribution in [1.82, 2.24) is 0 Å². The zero-order valence-electron chi connectivity index (χ0n) is 8.84. The SMILES string of the molecule is COC(OC)c1cccc(OC(=O)O)c1O. The van der Waals surface area contributed by atoms with E-state index in [0.29, 0.717) is 5.56 Å². The van der Waals surface area contributed by atoms with Crippen LogP contribution >= 0.6 is 0 Å². The first kappa shape index (κ1) is 12.3. The molecule has 0 fully saturated rings. The Bertz CT molecular complexity index is 372. The fraction of sp³-hybridized carbons (Fsp3) is 0.300. The molecule has 6 nitrogen and oxygen atoms in total. The predicted molar refractivity (Wildman–Crippen MR) is 53.5 cm³/mol. The fourth-order valence-electron chi connectivity index (χ4n) is 1.26. The maximum Gasteiger partial charge on any atom is 0.511 e. The van der Waals surface area contributed by atoms with Crippen LogP contribution < -0.4 is 4.74 Å². The standard InChI is InChI=1S/C10H12O6/c1-14-9(15-2)6-4-3-5-7(8(6)11)16-10(12)13/h3-5,9,11H,1-2H3,(H,12,13). The van der Waals surface area contributed by atoms with E-state index in [-0.39, 0.29) is 11.5 Å². The van der Waals surface area contributed by atoms with Crippen LogP contribution in [-0.2, 0) is 9.47 Å². The number of benzene rings is 1. The number of para-hydroxylation sites is 1. The van der Waals surface area contributed by atoms with Gasteiger partial charge in [0.25, 0.3) is 0 Å². The van der Waals surface area contributed by atoms with E-state index in [0.717, 1.165) is 0 Å². The summed E-state index contributed by atoms with van der Waals surface area (Å²) in [6, 6.07) is 4.40. The highest BCUT2D eigenvalue weighted by Gasteiger charge is 2.18. The number of hydrogen-bond donors (Lipinski definition) is 2. The molecule has 6 heteroatoms. The first-order valence-corrected chi connectivity index (χ1v) is 4.38. The molecule has 0 amide bonds. The molecule has 0 aliphatic heterocycles. The Morgan fingerprint density at radius 1 is 1.31 bits per heavy atom. The molecule has 0 atom stereocenters. The van der Waals surface area contributed by atoms with Gasteiger partial charge in [0.15, 0.2) is 17.8 Å². The van der Waals surface area contributed by atoms with E-state index in [2.05, 4.69) is 4.74 Å². The lowest BCUT2D eigenvalue weighted by molar-refractivity contribution is -0.107. The fourth-order valence-corrected chi connectivity index (χ4v) is 1.26. The number of hydrogen-bond acceptors (Lipinski definition) is 5. The highest BCUT2D eigenvalue weighted by atomic mass is 16.7. The third-order valence-corrected chi connectivity index (χ3v) is 1.91. The number of phenolic OH excluding ortho intramolecular Hbond substituents is 1. The Morgan fingerprint density at radius 2 is 1.94 bits per heavy atom. The molecule has 0 radical (unpaired) electrons. The largest absolute Gasteiger partial charge is 0.511 e. The summed E-state index contributed by atoms with van der Waals surface area (Å²) in [6.45, 7) is 0. The number of methoxy groups -OCH3 is 2. The van der Waals surface area contributed by atoms with Gasteiger partial charge in [-0.05, 0) is 12.1 Å². The Labute approximate surface area is 92.0 Å². The smallest absolute Gasteiger partial charge is 0.504 e. The van der Waals surface area contributed by atoms with E-state index in [9.17, 15) is 9.90 Å². The second-order valence-corrected chi connectivity index (χ2v) is 2.87. The summed E-state index contributed by atoms with van der Waals surface area (Å²) < 4.78 is 14.3.